The number of ether oxygens (including phenoxy) is 1. The molecule has 6 nitrogen and oxygen atoms in total. The second-order valence-corrected chi connectivity index (χ2v) is 4.95. The summed E-state index contributed by atoms with van der Waals surface area (Å²) in [6.07, 6.45) is 0. The Labute approximate surface area is 117 Å². The summed E-state index contributed by atoms with van der Waals surface area (Å²) in [4.78, 5) is 16.5. The van der Waals surface area contributed by atoms with Crippen molar-refractivity contribution in [3.05, 3.63) is 27.4 Å². The quantitative estimate of drug-likeness (QED) is 0.438. The Hall–Kier alpha value is -1.40. The number of methoxy groups -OCH3 is 1. The Bertz CT molecular complexity index is 440. The highest BCUT2D eigenvalue weighted by Crippen LogP contribution is 2.28. The maximum absolute atomic E-state index is 11.1. The second-order valence-electron chi connectivity index (χ2n) is 4.57. The molecular weight excluding hydrogens is 270 g/mol. The van der Waals surface area contributed by atoms with Gasteiger partial charge in [0.15, 0.2) is 0 Å². The first-order chi connectivity index (χ1) is 8.95. The summed E-state index contributed by atoms with van der Waals surface area (Å²) in [7, 11) is 1.59. The molecule has 1 aromatic heterocycles. The van der Waals surface area contributed by atoms with Gasteiger partial charge in [-0.2, -0.15) is 0 Å². The van der Waals surface area contributed by atoms with Crippen LogP contribution in [0.5, 0.6) is 0 Å². The average Bonchev–Trinajstić information content (AvgIpc) is 2.33. The lowest BCUT2D eigenvalue weighted by Gasteiger charge is -2.25. The van der Waals surface area contributed by atoms with Crippen LogP contribution >= 0.6 is 11.6 Å². The van der Waals surface area contributed by atoms with E-state index in [1.54, 1.807) is 7.11 Å². The zero-order chi connectivity index (χ0) is 14.4. The summed E-state index contributed by atoms with van der Waals surface area (Å²) in [5.41, 5.74) is -0.0406. The third-order valence-electron chi connectivity index (χ3n) is 2.47. The van der Waals surface area contributed by atoms with E-state index in [1.807, 2.05) is 18.7 Å². The molecule has 1 aromatic rings. The van der Waals surface area contributed by atoms with E-state index in [9.17, 15) is 10.1 Å². The Morgan fingerprint density at radius 2 is 2.21 bits per heavy atom. The van der Waals surface area contributed by atoms with Crippen LogP contribution in [0, 0.1) is 16.0 Å². The summed E-state index contributed by atoms with van der Waals surface area (Å²) in [5, 5.41) is 11.3. The van der Waals surface area contributed by atoms with Crippen molar-refractivity contribution >= 4 is 23.1 Å². The Balaban J connectivity index is 3.11. The fraction of sp³-hybridized carbons (Fsp3) is 0.583. The molecule has 0 spiro atoms. The number of halogens is 1. The van der Waals surface area contributed by atoms with E-state index in [0.29, 0.717) is 31.4 Å². The lowest BCUT2D eigenvalue weighted by molar-refractivity contribution is -0.384. The monoisotopic (exact) mass is 287 g/mol. The fourth-order valence-corrected chi connectivity index (χ4v) is 1.86. The largest absolute Gasteiger partial charge is 0.383 e. The Morgan fingerprint density at radius 3 is 2.74 bits per heavy atom. The van der Waals surface area contributed by atoms with Gasteiger partial charge >= 0.3 is 5.69 Å². The molecule has 0 N–H and O–H groups in total. The van der Waals surface area contributed by atoms with Crippen molar-refractivity contribution in [2.75, 3.05) is 31.7 Å². The van der Waals surface area contributed by atoms with Crippen LogP contribution in [0.25, 0.3) is 0 Å². The summed E-state index contributed by atoms with van der Waals surface area (Å²) < 4.78 is 5.03. The van der Waals surface area contributed by atoms with Crippen LogP contribution in [-0.2, 0) is 4.74 Å². The molecule has 1 rings (SSSR count). The molecule has 0 aliphatic carbocycles. The Morgan fingerprint density at radius 1 is 1.53 bits per heavy atom. The third-order valence-corrected chi connectivity index (χ3v) is 2.68. The van der Waals surface area contributed by atoms with Gasteiger partial charge < -0.3 is 9.64 Å². The third kappa shape index (κ3) is 4.65. The van der Waals surface area contributed by atoms with Gasteiger partial charge in [0, 0.05) is 26.3 Å². The molecule has 0 saturated carbocycles. The number of rotatable bonds is 7. The SMILES string of the molecule is COCCN(CC(C)C)c1nc(Cl)ccc1[N+](=O)[O-]. The molecule has 0 radical (unpaired) electrons. The molecule has 0 aliphatic rings. The first kappa shape index (κ1) is 15.7. The van der Waals surface area contributed by atoms with Crippen molar-refractivity contribution in [3.8, 4) is 0 Å². The van der Waals surface area contributed by atoms with Crippen LogP contribution in [0.2, 0.25) is 5.15 Å². The van der Waals surface area contributed by atoms with Crippen molar-refractivity contribution in [2.45, 2.75) is 13.8 Å². The second kappa shape index (κ2) is 7.25. The lowest BCUT2D eigenvalue weighted by atomic mass is 10.2. The minimum atomic E-state index is -0.446. The number of hydrogen-bond acceptors (Lipinski definition) is 5. The van der Waals surface area contributed by atoms with Crippen LogP contribution in [0.15, 0.2) is 12.1 Å². The lowest BCUT2D eigenvalue weighted by Crippen LogP contribution is -2.32. The van der Waals surface area contributed by atoms with Crippen LogP contribution in [0.3, 0.4) is 0 Å². The number of nitrogens with zero attached hydrogens (tertiary/aromatic N) is 3. The number of nitro groups is 1. The topological polar surface area (TPSA) is 68.5 Å². The Kier molecular flexibility index (Phi) is 5.98. The van der Waals surface area contributed by atoms with Gasteiger partial charge in [-0.15, -0.1) is 0 Å². The van der Waals surface area contributed by atoms with Gasteiger partial charge in [0.2, 0.25) is 5.82 Å². The van der Waals surface area contributed by atoms with Gasteiger partial charge in [-0.1, -0.05) is 25.4 Å². The predicted octanol–water partition coefficient (Wildman–Crippen LogP) is 2.75. The first-order valence-corrected chi connectivity index (χ1v) is 6.38. The number of hydrogen-bond donors (Lipinski definition) is 0. The summed E-state index contributed by atoms with van der Waals surface area (Å²) in [6, 6.07) is 2.80. The summed E-state index contributed by atoms with van der Waals surface area (Å²) >= 11 is 5.84. The molecule has 0 saturated heterocycles. The van der Waals surface area contributed by atoms with Crippen molar-refractivity contribution < 1.29 is 9.66 Å². The smallest absolute Gasteiger partial charge is 0.311 e. The van der Waals surface area contributed by atoms with E-state index in [1.165, 1.54) is 12.1 Å². The van der Waals surface area contributed by atoms with Gasteiger partial charge in [0.25, 0.3) is 0 Å². The zero-order valence-corrected chi connectivity index (χ0v) is 12.1. The van der Waals surface area contributed by atoms with Gasteiger partial charge in [-0.05, 0) is 12.0 Å². The van der Waals surface area contributed by atoms with Crippen LogP contribution in [0.4, 0.5) is 11.5 Å². The maximum atomic E-state index is 11.1. The highest BCUT2D eigenvalue weighted by molar-refractivity contribution is 6.29. The fourth-order valence-electron chi connectivity index (χ4n) is 1.72. The maximum Gasteiger partial charge on any atom is 0.311 e. The average molecular weight is 288 g/mol. The highest BCUT2D eigenvalue weighted by Gasteiger charge is 2.22. The van der Waals surface area contributed by atoms with E-state index in [2.05, 4.69) is 4.98 Å². The number of aromatic nitrogens is 1. The molecule has 0 aliphatic heterocycles. The molecule has 0 bridgehead atoms. The van der Waals surface area contributed by atoms with E-state index in [4.69, 9.17) is 16.3 Å². The molecule has 7 heteroatoms. The molecule has 0 unspecified atom stereocenters. The summed E-state index contributed by atoms with van der Waals surface area (Å²) in [6.45, 7) is 5.73. The van der Waals surface area contributed by atoms with Crippen molar-refractivity contribution in [1.29, 1.82) is 0 Å². The van der Waals surface area contributed by atoms with Crippen LogP contribution < -0.4 is 4.90 Å². The van der Waals surface area contributed by atoms with E-state index in [-0.39, 0.29) is 10.8 Å². The number of anilines is 1. The normalized spacial score (nSPS) is 10.8. The van der Waals surface area contributed by atoms with Crippen molar-refractivity contribution in [3.63, 3.8) is 0 Å². The van der Waals surface area contributed by atoms with E-state index >= 15 is 0 Å². The van der Waals surface area contributed by atoms with Crippen LogP contribution in [-0.4, -0.2) is 36.7 Å². The van der Waals surface area contributed by atoms with Crippen molar-refractivity contribution in [2.24, 2.45) is 5.92 Å². The van der Waals surface area contributed by atoms with Gasteiger partial charge in [0.05, 0.1) is 11.5 Å². The minimum absolute atomic E-state index is 0.0406. The van der Waals surface area contributed by atoms with Gasteiger partial charge in [0.1, 0.15) is 5.15 Å². The molecular formula is C12H18ClN3O3. The predicted molar refractivity (Wildman–Crippen MR) is 74.8 cm³/mol. The highest BCUT2D eigenvalue weighted by atomic mass is 35.5. The van der Waals surface area contributed by atoms with E-state index < -0.39 is 4.92 Å². The van der Waals surface area contributed by atoms with E-state index in [0.717, 1.165) is 0 Å². The number of pyridine rings is 1. The first-order valence-electron chi connectivity index (χ1n) is 6.00. The molecule has 1 heterocycles. The van der Waals surface area contributed by atoms with Gasteiger partial charge in [-0.3, -0.25) is 10.1 Å². The zero-order valence-electron chi connectivity index (χ0n) is 11.3. The molecule has 19 heavy (non-hydrogen) atoms. The molecule has 0 aromatic carbocycles. The minimum Gasteiger partial charge on any atom is -0.383 e. The molecule has 0 fully saturated rings. The summed E-state index contributed by atoms with van der Waals surface area (Å²) in [5.74, 6) is 0.639. The molecule has 0 atom stereocenters. The van der Waals surface area contributed by atoms with Gasteiger partial charge in [-0.25, -0.2) is 4.98 Å². The van der Waals surface area contributed by atoms with Crippen molar-refractivity contribution in [1.82, 2.24) is 4.98 Å². The molecule has 0 amide bonds. The molecule has 106 valence electrons. The standard InChI is InChI=1S/C12H18ClN3O3/c1-9(2)8-15(6-7-19-3)12-10(16(17)18)4-5-11(13)14-12/h4-5,9H,6-8H2,1-3H3. The van der Waals surface area contributed by atoms with Crippen LogP contribution in [0.1, 0.15) is 13.8 Å².